The third-order valence-corrected chi connectivity index (χ3v) is 4.21. The molecule has 0 aliphatic carbocycles. The number of aromatic nitrogens is 3. The normalized spacial score (nSPS) is 10.8. The monoisotopic (exact) mass is 425 g/mol. The topological polar surface area (TPSA) is 101 Å². The number of hydrogen-bond donors (Lipinski definition) is 1. The third-order valence-electron chi connectivity index (χ3n) is 3.78. The number of pyridine rings is 1. The van der Waals surface area contributed by atoms with Gasteiger partial charge in [-0.1, -0.05) is 12.1 Å². The molecule has 1 N–H and O–H groups in total. The van der Waals surface area contributed by atoms with E-state index in [-0.39, 0.29) is 29.7 Å². The molecule has 27 heavy (non-hydrogen) atoms. The number of fused-ring (bicyclic) bond motifs is 1. The number of carbonyl (C=O) groups is 1. The predicted molar refractivity (Wildman–Crippen MR) is 105 cm³/mol. The van der Waals surface area contributed by atoms with E-state index in [1.54, 1.807) is 36.5 Å². The lowest BCUT2D eigenvalue weighted by Gasteiger charge is -2.15. The molecular formula is C19H16BrN5O2. The number of benzene rings is 1. The smallest absolute Gasteiger partial charge is 0.263 e. The summed E-state index contributed by atoms with van der Waals surface area (Å²) in [5.74, 6) is -0.00720. The van der Waals surface area contributed by atoms with Gasteiger partial charge in [0, 0.05) is 22.3 Å². The van der Waals surface area contributed by atoms with Crippen molar-refractivity contribution in [2.45, 2.75) is 26.4 Å². The number of nitrogens with one attached hydrogen (secondary N) is 1. The fourth-order valence-electron chi connectivity index (χ4n) is 2.69. The highest BCUT2D eigenvalue weighted by molar-refractivity contribution is 9.10. The Morgan fingerprint density at radius 3 is 2.85 bits per heavy atom. The summed E-state index contributed by atoms with van der Waals surface area (Å²) < 4.78 is 1.95. The van der Waals surface area contributed by atoms with E-state index in [2.05, 4.69) is 37.3 Å². The number of amides is 1. The van der Waals surface area contributed by atoms with Crippen LogP contribution in [0.4, 0.5) is 0 Å². The third kappa shape index (κ3) is 4.04. The molecule has 0 bridgehead atoms. The van der Waals surface area contributed by atoms with Crippen molar-refractivity contribution < 1.29 is 4.79 Å². The van der Waals surface area contributed by atoms with E-state index in [4.69, 9.17) is 5.26 Å². The number of halogens is 1. The molecule has 3 aromatic rings. The Morgan fingerprint density at radius 1 is 1.37 bits per heavy atom. The van der Waals surface area contributed by atoms with Crippen molar-refractivity contribution in [3.63, 3.8) is 0 Å². The highest BCUT2D eigenvalue weighted by atomic mass is 79.9. The maximum atomic E-state index is 13.1. The Bertz CT molecular complexity index is 1130. The lowest BCUT2D eigenvalue weighted by molar-refractivity contribution is -0.122. The molecule has 136 valence electrons. The van der Waals surface area contributed by atoms with E-state index in [9.17, 15) is 9.59 Å². The zero-order chi connectivity index (χ0) is 19.6. The maximum Gasteiger partial charge on any atom is 0.263 e. The van der Waals surface area contributed by atoms with Gasteiger partial charge in [0.2, 0.25) is 5.91 Å². The summed E-state index contributed by atoms with van der Waals surface area (Å²) in [6.07, 6.45) is 1.56. The van der Waals surface area contributed by atoms with Crippen LogP contribution in [0.1, 0.15) is 19.4 Å². The summed E-state index contributed by atoms with van der Waals surface area (Å²) in [4.78, 5) is 34.1. The van der Waals surface area contributed by atoms with Crippen molar-refractivity contribution in [2.24, 2.45) is 0 Å². The van der Waals surface area contributed by atoms with Crippen LogP contribution in [-0.2, 0) is 11.3 Å². The lowest BCUT2D eigenvalue weighted by Crippen LogP contribution is -2.37. The summed E-state index contributed by atoms with van der Waals surface area (Å²) in [7, 11) is 0. The molecule has 0 saturated carbocycles. The summed E-state index contributed by atoms with van der Waals surface area (Å²) in [6.45, 7) is 3.51. The summed E-state index contributed by atoms with van der Waals surface area (Å²) in [6, 6.07) is 10.4. The molecule has 1 amide bonds. The van der Waals surface area contributed by atoms with Gasteiger partial charge in [0.25, 0.3) is 5.56 Å². The molecule has 2 aromatic heterocycles. The number of nitriles is 1. The Labute approximate surface area is 163 Å². The molecule has 7 nitrogen and oxygen atoms in total. The average molecular weight is 426 g/mol. The molecule has 0 radical (unpaired) electrons. The zero-order valence-electron chi connectivity index (χ0n) is 14.7. The fraction of sp³-hybridized carbons (Fsp3) is 0.211. The van der Waals surface area contributed by atoms with Crippen LogP contribution in [0, 0.1) is 11.3 Å². The highest BCUT2D eigenvalue weighted by Gasteiger charge is 2.17. The fourth-order valence-corrected chi connectivity index (χ4v) is 3.02. The minimum absolute atomic E-state index is 0.0530. The number of carbonyl (C=O) groups excluding carboxylic acids is 1. The molecule has 2 heterocycles. The van der Waals surface area contributed by atoms with Crippen molar-refractivity contribution in [1.82, 2.24) is 19.9 Å². The second kappa shape index (κ2) is 7.68. The van der Waals surface area contributed by atoms with Crippen molar-refractivity contribution in [3.05, 3.63) is 56.9 Å². The molecule has 0 spiro atoms. The maximum absolute atomic E-state index is 13.1. The molecular weight excluding hydrogens is 410 g/mol. The van der Waals surface area contributed by atoms with Crippen molar-refractivity contribution in [3.8, 4) is 17.5 Å². The first-order chi connectivity index (χ1) is 12.9. The molecule has 0 fully saturated rings. The predicted octanol–water partition coefficient (Wildman–Crippen LogP) is 2.62. The van der Waals surface area contributed by atoms with E-state index < -0.39 is 0 Å². The number of hydrogen-bond acceptors (Lipinski definition) is 5. The van der Waals surface area contributed by atoms with Gasteiger partial charge in [-0.05, 0) is 48.0 Å². The van der Waals surface area contributed by atoms with Crippen LogP contribution in [0.2, 0.25) is 0 Å². The first-order valence-corrected chi connectivity index (χ1v) is 9.04. The van der Waals surface area contributed by atoms with Crippen LogP contribution < -0.4 is 10.9 Å². The number of rotatable bonds is 4. The molecule has 0 saturated heterocycles. The molecule has 8 heteroatoms. The van der Waals surface area contributed by atoms with Gasteiger partial charge in [-0.3, -0.25) is 14.2 Å². The second-order valence-electron chi connectivity index (χ2n) is 6.27. The number of nitrogens with zero attached hydrogens (tertiary/aromatic N) is 4. The van der Waals surface area contributed by atoms with Gasteiger partial charge in [-0.15, -0.1) is 0 Å². The van der Waals surface area contributed by atoms with Crippen LogP contribution >= 0.6 is 15.9 Å². The summed E-state index contributed by atoms with van der Waals surface area (Å²) in [5.41, 5.74) is 0.907. The minimum Gasteiger partial charge on any atom is -0.352 e. The molecule has 0 unspecified atom stereocenters. The van der Waals surface area contributed by atoms with Gasteiger partial charge in [-0.25, -0.2) is 9.97 Å². The first-order valence-electron chi connectivity index (χ1n) is 8.25. The molecule has 0 aliphatic heterocycles. The van der Waals surface area contributed by atoms with Gasteiger partial charge in [0.15, 0.2) is 5.65 Å². The largest absolute Gasteiger partial charge is 0.352 e. The summed E-state index contributed by atoms with van der Waals surface area (Å²) >= 11 is 3.30. The van der Waals surface area contributed by atoms with E-state index >= 15 is 0 Å². The van der Waals surface area contributed by atoms with E-state index in [0.717, 1.165) is 0 Å². The van der Waals surface area contributed by atoms with Crippen LogP contribution in [0.3, 0.4) is 0 Å². The standard InChI is InChI=1S/C19H16BrN5O2/c1-11(2)23-16(26)10-25-18(13-5-3-4-12(6-13)8-21)24-17-15(19(25)27)7-14(20)9-22-17/h3-7,9,11H,10H2,1-2H3,(H,23,26). The molecule has 1 aromatic carbocycles. The van der Waals surface area contributed by atoms with Crippen molar-refractivity contribution >= 4 is 32.9 Å². The summed E-state index contributed by atoms with van der Waals surface area (Å²) in [5, 5.41) is 12.2. The molecule has 0 atom stereocenters. The van der Waals surface area contributed by atoms with Gasteiger partial charge >= 0.3 is 0 Å². The van der Waals surface area contributed by atoms with Gasteiger partial charge < -0.3 is 5.32 Å². The van der Waals surface area contributed by atoms with Crippen LogP contribution in [0.25, 0.3) is 22.4 Å². The van der Waals surface area contributed by atoms with Gasteiger partial charge in [0.05, 0.1) is 17.0 Å². The van der Waals surface area contributed by atoms with Crippen LogP contribution in [0.5, 0.6) is 0 Å². The SMILES string of the molecule is CC(C)NC(=O)Cn1c(-c2cccc(C#N)c2)nc2ncc(Br)cc2c1=O. The molecule has 3 rings (SSSR count). The Hall–Kier alpha value is -3.05. The zero-order valence-corrected chi connectivity index (χ0v) is 16.3. The van der Waals surface area contributed by atoms with E-state index in [1.165, 1.54) is 4.57 Å². The molecule has 0 aliphatic rings. The first kappa shape index (κ1) is 18.7. The Kier molecular flexibility index (Phi) is 5.33. The van der Waals surface area contributed by atoms with E-state index in [1.807, 2.05) is 13.8 Å². The highest BCUT2D eigenvalue weighted by Crippen LogP contribution is 2.21. The average Bonchev–Trinajstić information content (AvgIpc) is 2.63. The second-order valence-corrected chi connectivity index (χ2v) is 7.18. The van der Waals surface area contributed by atoms with Crippen molar-refractivity contribution in [1.29, 1.82) is 5.26 Å². The van der Waals surface area contributed by atoms with Crippen LogP contribution in [0.15, 0.2) is 45.8 Å². The van der Waals surface area contributed by atoms with Gasteiger partial charge in [0.1, 0.15) is 12.4 Å². The van der Waals surface area contributed by atoms with Crippen molar-refractivity contribution in [2.75, 3.05) is 0 Å². The Morgan fingerprint density at radius 2 is 2.15 bits per heavy atom. The van der Waals surface area contributed by atoms with Crippen LogP contribution in [-0.4, -0.2) is 26.5 Å². The lowest BCUT2D eigenvalue weighted by atomic mass is 10.1. The van der Waals surface area contributed by atoms with Gasteiger partial charge in [-0.2, -0.15) is 5.26 Å². The quantitative estimate of drug-likeness (QED) is 0.691. The Balaban J connectivity index is 2.25. The minimum atomic E-state index is -0.370. The van der Waals surface area contributed by atoms with E-state index in [0.29, 0.717) is 26.8 Å².